The molecule has 0 saturated carbocycles. The average Bonchev–Trinajstić information content (AvgIpc) is 2.67. The molecule has 0 aromatic carbocycles. The Morgan fingerprint density at radius 1 is 1.33 bits per heavy atom. The molecule has 0 aliphatic heterocycles. The van der Waals surface area contributed by atoms with E-state index in [4.69, 9.17) is 0 Å². The molecule has 1 aromatic heterocycles. The van der Waals surface area contributed by atoms with Gasteiger partial charge in [0.15, 0.2) is 0 Å². The highest BCUT2D eigenvalue weighted by Gasteiger charge is 2.10. The Kier molecular flexibility index (Phi) is 4.48. The summed E-state index contributed by atoms with van der Waals surface area (Å²) in [6.07, 6.45) is 1.18. The van der Waals surface area contributed by atoms with Crippen molar-refractivity contribution in [2.75, 3.05) is 39.1 Å². The summed E-state index contributed by atoms with van der Waals surface area (Å²) in [6, 6.07) is 0. The number of hydrogen-bond acceptors (Lipinski definition) is 5. The molecule has 0 bridgehead atoms. The van der Waals surface area contributed by atoms with Crippen molar-refractivity contribution in [3.63, 3.8) is 0 Å². The third-order valence-corrected chi connectivity index (χ3v) is 2.33. The number of nitrogens with one attached hydrogen (secondary N) is 1. The zero-order valence-electron chi connectivity index (χ0n) is 9.93. The Bertz CT molecular complexity index is 258. The van der Waals surface area contributed by atoms with E-state index in [1.54, 1.807) is 0 Å². The quantitative estimate of drug-likeness (QED) is 0.731. The molecule has 0 radical (unpaired) electrons. The van der Waals surface area contributed by atoms with Crippen LogP contribution < -0.4 is 4.90 Å². The van der Waals surface area contributed by atoms with Crippen molar-refractivity contribution >= 4 is 5.95 Å². The third kappa shape index (κ3) is 4.24. The highest BCUT2D eigenvalue weighted by molar-refractivity contribution is 5.23. The molecule has 1 atom stereocenters. The second-order valence-corrected chi connectivity index (χ2v) is 4.29. The van der Waals surface area contributed by atoms with Gasteiger partial charge in [0, 0.05) is 13.6 Å². The first-order valence-electron chi connectivity index (χ1n) is 5.19. The highest BCUT2D eigenvalue weighted by atomic mass is 15.5. The molecule has 1 aromatic rings. The first-order valence-corrected chi connectivity index (χ1v) is 5.19. The van der Waals surface area contributed by atoms with Crippen molar-refractivity contribution in [1.29, 1.82) is 0 Å². The number of aromatic nitrogens is 4. The fourth-order valence-corrected chi connectivity index (χ4v) is 1.44. The summed E-state index contributed by atoms with van der Waals surface area (Å²) in [4.78, 5) is 4.22. The molecule has 6 heteroatoms. The van der Waals surface area contributed by atoms with E-state index in [1.807, 2.05) is 11.9 Å². The normalized spacial score (nSPS) is 13.1. The van der Waals surface area contributed by atoms with Crippen LogP contribution in [0.4, 0.5) is 5.95 Å². The predicted octanol–water partition coefficient (Wildman–Crippen LogP) is 0.224. The van der Waals surface area contributed by atoms with Crippen molar-refractivity contribution in [2.45, 2.75) is 13.3 Å². The summed E-state index contributed by atoms with van der Waals surface area (Å²) in [6.45, 7) is 4.30. The summed E-state index contributed by atoms with van der Waals surface area (Å²) in [5.74, 6) is 1.28. The predicted molar refractivity (Wildman–Crippen MR) is 59.8 cm³/mol. The molecule has 0 spiro atoms. The summed E-state index contributed by atoms with van der Waals surface area (Å²) >= 11 is 0. The fourth-order valence-electron chi connectivity index (χ4n) is 1.44. The van der Waals surface area contributed by atoms with Gasteiger partial charge in [-0.3, -0.25) is 0 Å². The van der Waals surface area contributed by atoms with Crippen LogP contribution in [0.15, 0.2) is 0 Å². The molecule has 6 nitrogen and oxygen atoms in total. The lowest BCUT2D eigenvalue weighted by molar-refractivity contribution is 0.361. The highest BCUT2D eigenvalue weighted by Crippen LogP contribution is 2.08. The molecule has 0 unspecified atom stereocenters. The Morgan fingerprint density at radius 3 is 2.60 bits per heavy atom. The topological polar surface area (TPSA) is 60.9 Å². The maximum absolute atomic E-state index is 3.93. The van der Waals surface area contributed by atoms with Crippen LogP contribution in [0.3, 0.4) is 0 Å². The fraction of sp³-hybridized carbons (Fsp3) is 0.889. The van der Waals surface area contributed by atoms with Gasteiger partial charge in [-0.1, -0.05) is 12.0 Å². The Balaban J connectivity index is 2.28. The SMILES string of the molecule is C[C@@H](CCN(C)C)CN(C)c1nn[nH]n1. The smallest absolute Gasteiger partial charge is 0.265 e. The molecular weight excluding hydrogens is 192 g/mol. The number of hydrogen-bond donors (Lipinski definition) is 1. The number of rotatable bonds is 6. The first-order chi connectivity index (χ1) is 7.09. The number of anilines is 1. The standard InChI is InChI=1S/C9H20N6/c1-8(5-6-14(2)3)7-15(4)9-10-12-13-11-9/h8H,5-7H2,1-4H3,(H,10,11,12,13)/t8-/m0/s1. The van der Waals surface area contributed by atoms with Crippen molar-refractivity contribution < 1.29 is 0 Å². The number of aromatic amines is 1. The molecule has 0 amide bonds. The van der Waals surface area contributed by atoms with E-state index in [0.29, 0.717) is 11.9 Å². The van der Waals surface area contributed by atoms with Crippen LogP contribution in [0.25, 0.3) is 0 Å². The van der Waals surface area contributed by atoms with Crippen LogP contribution in [-0.4, -0.2) is 59.8 Å². The monoisotopic (exact) mass is 212 g/mol. The maximum atomic E-state index is 3.93. The van der Waals surface area contributed by atoms with Gasteiger partial charge in [-0.15, -0.1) is 5.10 Å². The lowest BCUT2D eigenvalue weighted by Crippen LogP contribution is -2.27. The van der Waals surface area contributed by atoms with E-state index in [1.165, 1.54) is 6.42 Å². The van der Waals surface area contributed by atoms with Gasteiger partial charge in [0.25, 0.3) is 5.95 Å². The van der Waals surface area contributed by atoms with E-state index in [2.05, 4.69) is 46.5 Å². The van der Waals surface area contributed by atoms with Gasteiger partial charge in [0.2, 0.25) is 0 Å². The molecule has 1 heterocycles. The molecule has 86 valence electrons. The van der Waals surface area contributed by atoms with Crippen LogP contribution in [0.2, 0.25) is 0 Å². The van der Waals surface area contributed by atoms with Gasteiger partial charge >= 0.3 is 0 Å². The summed E-state index contributed by atoms with van der Waals surface area (Å²) in [5, 5.41) is 13.9. The average molecular weight is 212 g/mol. The summed E-state index contributed by atoms with van der Waals surface area (Å²) in [5.41, 5.74) is 0. The zero-order chi connectivity index (χ0) is 11.3. The van der Waals surface area contributed by atoms with Crippen LogP contribution in [-0.2, 0) is 0 Å². The lowest BCUT2D eigenvalue weighted by Gasteiger charge is -2.20. The lowest BCUT2D eigenvalue weighted by atomic mass is 10.1. The van der Waals surface area contributed by atoms with Gasteiger partial charge in [-0.25, -0.2) is 0 Å². The van der Waals surface area contributed by atoms with Crippen molar-refractivity contribution in [1.82, 2.24) is 25.5 Å². The maximum Gasteiger partial charge on any atom is 0.265 e. The molecule has 15 heavy (non-hydrogen) atoms. The Morgan fingerprint density at radius 2 is 2.07 bits per heavy atom. The molecule has 0 saturated heterocycles. The van der Waals surface area contributed by atoms with E-state index in [0.717, 1.165) is 13.1 Å². The molecular formula is C9H20N6. The number of tetrazole rings is 1. The van der Waals surface area contributed by atoms with Crippen LogP contribution >= 0.6 is 0 Å². The third-order valence-electron chi connectivity index (χ3n) is 2.33. The minimum absolute atomic E-state index is 0.621. The molecule has 0 aliphatic carbocycles. The van der Waals surface area contributed by atoms with Crippen molar-refractivity contribution in [3.8, 4) is 0 Å². The second-order valence-electron chi connectivity index (χ2n) is 4.29. The molecule has 0 aliphatic rings. The van der Waals surface area contributed by atoms with Gasteiger partial charge in [-0.05, 0) is 38.2 Å². The largest absolute Gasteiger partial charge is 0.341 e. The first kappa shape index (κ1) is 11.9. The molecule has 0 fully saturated rings. The van der Waals surface area contributed by atoms with Gasteiger partial charge < -0.3 is 9.80 Å². The zero-order valence-corrected chi connectivity index (χ0v) is 9.93. The van der Waals surface area contributed by atoms with Crippen molar-refractivity contribution in [2.24, 2.45) is 5.92 Å². The van der Waals surface area contributed by atoms with Gasteiger partial charge in [-0.2, -0.15) is 5.21 Å². The Hall–Kier alpha value is -1.17. The van der Waals surface area contributed by atoms with Crippen LogP contribution in [0.5, 0.6) is 0 Å². The van der Waals surface area contributed by atoms with Gasteiger partial charge in [0.1, 0.15) is 0 Å². The van der Waals surface area contributed by atoms with E-state index in [9.17, 15) is 0 Å². The second kappa shape index (κ2) is 5.65. The minimum atomic E-state index is 0.621. The van der Waals surface area contributed by atoms with Crippen LogP contribution in [0, 0.1) is 5.92 Å². The van der Waals surface area contributed by atoms with Crippen LogP contribution in [0.1, 0.15) is 13.3 Å². The number of nitrogens with zero attached hydrogens (tertiary/aromatic N) is 5. The molecule has 1 rings (SSSR count). The van der Waals surface area contributed by atoms with E-state index < -0.39 is 0 Å². The molecule has 1 N–H and O–H groups in total. The number of H-pyrrole nitrogens is 1. The van der Waals surface area contributed by atoms with Gasteiger partial charge in [0.05, 0.1) is 0 Å². The van der Waals surface area contributed by atoms with E-state index in [-0.39, 0.29) is 0 Å². The Labute approximate surface area is 90.6 Å². The van der Waals surface area contributed by atoms with Crippen molar-refractivity contribution in [3.05, 3.63) is 0 Å². The minimum Gasteiger partial charge on any atom is -0.341 e. The van der Waals surface area contributed by atoms with E-state index >= 15 is 0 Å². The summed E-state index contributed by atoms with van der Waals surface area (Å²) < 4.78 is 0. The summed E-state index contributed by atoms with van der Waals surface area (Å²) in [7, 11) is 6.17.